The summed E-state index contributed by atoms with van der Waals surface area (Å²) in [5, 5.41) is 2.96. The Labute approximate surface area is 138 Å². The number of hydrogen-bond donors (Lipinski definition) is 1. The molecule has 2 rings (SSSR count). The zero-order chi connectivity index (χ0) is 16.7. The van der Waals surface area contributed by atoms with E-state index in [1.165, 1.54) is 12.3 Å². The fourth-order valence-electron chi connectivity index (χ4n) is 1.66. The van der Waals surface area contributed by atoms with Crippen molar-refractivity contribution in [3.8, 4) is 0 Å². The third kappa shape index (κ3) is 5.92. The van der Waals surface area contributed by atoms with Gasteiger partial charge in [0.1, 0.15) is 5.82 Å². The molecule has 0 atom stereocenters. The number of carbonyl (C=O) groups is 2. The van der Waals surface area contributed by atoms with Gasteiger partial charge in [-0.15, -0.1) is 0 Å². The lowest BCUT2D eigenvalue weighted by atomic mass is 10.1. The van der Waals surface area contributed by atoms with Crippen LogP contribution in [0.5, 0.6) is 0 Å². The van der Waals surface area contributed by atoms with Gasteiger partial charge in [0.25, 0.3) is 5.91 Å². The first-order valence-electron chi connectivity index (χ1n) is 6.86. The second-order valence-corrected chi connectivity index (χ2v) is 5.20. The van der Waals surface area contributed by atoms with Gasteiger partial charge in [0.2, 0.25) is 0 Å². The molecule has 0 radical (unpaired) electrons. The molecule has 2 aromatic rings. The Morgan fingerprint density at radius 3 is 2.61 bits per heavy atom. The molecule has 0 spiro atoms. The molecule has 1 aromatic heterocycles. The monoisotopic (exact) mass is 330 g/mol. The van der Waals surface area contributed by atoms with E-state index in [4.69, 9.17) is 16.3 Å². The summed E-state index contributed by atoms with van der Waals surface area (Å²) in [6.45, 7) is 1.59. The number of nitrogens with zero attached hydrogens (tertiary/aromatic N) is 1. The predicted molar refractivity (Wildman–Crippen MR) is 89.0 cm³/mol. The number of anilines is 1. The summed E-state index contributed by atoms with van der Waals surface area (Å²) >= 11 is 5.69. The molecule has 1 amide bonds. The van der Waals surface area contributed by atoms with Gasteiger partial charge < -0.3 is 10.1 Å². The molecule has 5 nitrogen and oxygen atoms in total. The predicted octanol–water partition coefficient (Wildman–Crippen LogP) is 3.24. The molecule has 1 aromatic carbocycles. The van der Waals surface area contributed by atoms with Crippen LogP contribution in [0.3, 0.4) is 0 Å². The first-order chi connectivity index (χ1) is 11.0. The molecule has 1 N–H and O–H groups in total. The van der Waals surface area contributed by atoms with Crippen molar-refractivity contribution in [3.63, 3.8) is 0 Å². The third-order valence-corrected chi connectivity index (χ3v) is 3.05. The minimum Gasteiger partial charge on any atom is -0.452 e. The molecule has 1 heterocycles. The van der Waals surface area contributed by atoms with Crippen LogP contribution in [0.25, 0.3) is 6.08 Å². The van der Waals surface area contributed by atoms with Crippen LogP contribution in [0, 0.1) is 6.92 Å². The molecule has 0 fully saturated rings. The number of nitrogens with one attached hydrogen (secondary N) is 1. The highest BCUT2D eigenvalue weighted by molar-refractivity contribution is 6.30. The molecular formula is C17H15ClN2O3. The molecule has 0 aliphatic carbocycles. The number of aromatic nitrogens is 1. The minimum atomic E-state index is -0.593. The van der Waals surface area contributed by atoms with Crippen molar-refractivity contribution in [1.82, 2.24) is 4.98 Å². The van der Waals surface area contributed by atoms with Crippen LogP contribution in [-0.2, 0) is 14.3 Å². The van der Waals surface area contributed by atoms with E-state index in [1.807, 2.05) is 31.2 Å². The van der Waals surface area contributed by atoms with E-state index in [2.05, 4.69) is 10.3 Å². The highest BCUT2D eigenvalue weighted by Gasteiger charge is 2.06. The summed E-state index contributed by atoms with van der Waals surface area (Å²) in [7, 11) is 0. The number of aryl methyl sites for hydroxylation is 1. The van der Waals surface area contributed by atoms with Crippen molar-refractivity contribution in [2.75, 3.05) is 11.9 Å². The zero-order valence-corrected chi connectivity index (χ0v) is 13.2. The first-order valence-corrected chi connectivity index (χ1v) is 7.23. The van der Waals surface area contributed by atoms with Gasteiger partial charge in [-0.3, -0.25) is 4.79 Å². The molecule has 118 valence electrons. The Morgan fingerprint density at radius 1 is 1.22 bits per heavy atom. The van der Waals surface area contributed by atoms with Crippen molar-refractivity contribution in [1.29, 1.82) is 0 Å². The number of halogens is 1. The molecule has 0 saturated heterocycles. The van der Waals surface area contributed by atoms with Crippen LogP contribution in [0.1, 0.15) is 11.1 Å². The lowest BCUT2D eigenvalue weighted by Crippen LogP contribution is -2.20. The molecule has 0 saturated carbocycles. The minimum absolute atomic E-state index is 0.339. The molecule has 0 aliphatic heterocycles. The van der Waals surface area contributed by atoms with Crippen LogP contribution < -0.4 is 5.32 Å². The Balaban J connectivity index is 1.78. The van der Waals surface area contributed by atoms with Crippen molar-refractivity contribution < 1.29 is 14.3 Å². The fraction of sp³-hybridized carbons (Fsp3) is 0.118. The average Bonchev–Trinajstić information content (AvgIpc) is 2.54. The van der Waals surface area contributed by atoms with Gasteiger partial charge in [-0.25, -0.2) is 9.78 Å². The number of rotatable bonds is 5. The highest BCUT2D eigenvalue weighted by atomic mass is 35.5. The first kappa shape index (κ1) is 16.7. The van der Waals surface area contributed by atoms with Gasteiger partial charge in [0.15, 0.2) is 6.61 Å². The molecule has 0 aliphatic rings. The van der Waals surface area contributed by atoms with Crippen molar-refractivity contribution >= 4 is 35.4 Å². The Hall–Kier alpha value is -2.66. The number of carbonyl (C=O) groups excluding carboxylic acids is 2. The summed E-state index contributed by atoms with van der Waals surface area (Å²) < 4.78 is 4.85. The van der Waals surface area contributed by atoms with Gasteiger partial charge in [-0.05, 0) is 30.7 Å². The third-order valence-electron chi connectivity index (χ3n) is 2.83. The van der Waals surface area contributed by atoms with Crippen molar-refractivity contribution in [2.24, 2.45) is 0 Å². The number of ether oxygens (including phenoxy) is 1. The SMILES string of the molecule is Cc1ccc(/C=C/C(=O)OCC(=O)Nc2ccc(Cl)cn2)cc1. The van der Waals surface area contributed by atoms with Crippen molar-refractivity contribution in [2.45, 2.75) is 6.92 Å². The van der Waals surface area contributed by atoms with E-state index >= 15 is 0 Å². The van der Waals surface area contributed by atoms with Gasteiger partial charge in [0, 0.05) is 12.3 Å². The maximum absolute atomic E-state index is 11.6. The smallest absolute Gasteiger partial charge is 0.331 e. The van der Waals surface area contributed by atoms with E-state index in [0.29, 0.717) is 10.8 Å². The summed E-state index contributed by atoms with van der Waals surface area (Å²) in [6.07, 6.45) is 4.31. The highest BCUT2D eigenvalue weighted by Crippen LogP contribution is 2.09. The van der Waals surface area contributed by atoms with E-state index < -0.39 is 11.9 Å². The number of amides is 1. The quantitative estimate of drug-likeness (QED) is 0.675. The second-order valence-electron chi connectivity index (χ2n) is 4.76. The maximum Gasteiger partial charge on any atom is 0.331 e. The van der Waals surface area contributed by atoms with Crippen LogP contribution in [0.15, 0.2) is 48.7 Å². The molecule has 0 unspecified atom stereocenters. The Bertz CT molecular complexity index is 710. The van der Waals surface area contributed by atoms with E-state index in [-0.39, 0.29) is 6.61 Å². The van der Waals surface area contributed by atoms with Crippen LogP contribution in [-0.4, -0.2) is 23.5 Å². The summed E-state index contributed by atoms with van der Waals surface area (Å²) in [6, 6.07) is 10.8. The maximum atomic E-state index is 11.6. The second kappa shape index (κ2) is 8.10. The van der Waals surface area contributed by atoms with Crippen LogP contribution >= 0.6 is 11.6 Å². The van der Waals surface area contributed by atoms with Crippen molar-refractivity contribution in [3.05, 3.63) is 64.8 Å². The lowest BCUT2D eigenvalue weighted by molar-refractivity contribution is -0.142. The zero-order valence-electron chi connectivity index (χ0n) is 12.5. The normalized spacial score (nSPS) is 10.5. The van der Waals surface area contributed by atoms with E-state index in [1.54, 1.807) is 18.2 Å². The number of esters is 1. The van der Waals surface area contributed by atoms with Gasteiger partial charge in [-0.1, -0.05) is 41.4 Å². The average molecular weight is 331 g/mol. The molecular weight excluding hydrogens is 316 g/mol. The topological polar surface area (TPSA) is 68.3 Å². The fourth-order valence-corrected chi connectivity index (χ4v) is 1.77. The van der Waals surface area contributed by atoms with Crippen LogP contribution in [0.4, 0.5) is 5.82 Å². The molecule has 0 bridgehead atoms. The van der Waals surface area contributed by atoms with Gasteiger partial charge >= 0.3 is 5.97 Å². The molecule has 23 heavy (non-hydrogen) atoms. The Morgan fingerprint density at radius 2 is 1.96 bits per heavy atom. The van der Waals surface area contributed by atoms with E-state index in [9.17, 15) is 9.59 Å². The summed E-state index contributed by atoms with van der Waals surface area (Å²) in [5.74, 6) is -0.729. The standard InChI is InChI=1S/C17H15ClN2O3/c1-12-2-4-13(5-3-12)6-9-17(22)23-11-16(21)20-15-8-7-14(18)10-19-15/h2-10H,11H2,1H3,(H,19,20,21)/b9-6+. The number of pyridine rings is 1. The van der Waals surface area contributed by atoms with Gasteiger partial charge in [0.05, 0.1) is 5.02 Å². The molecule has 6 heteroatoms. The lowest BCUT2D eigenvalue weighted by Gasteiger charge is -2.04. The summed E-state index contributed by atoms with van der Waals surface area (Å²) in [4.78, 5) is 27.1. The largest absolute Gasteiger partial charge is 0.452 e. The van der Waals surface area contributed by atoms with Crippen LogP contribution in [0.2, 0.25) is 5.02 Å². The van der Waals surface area contributed by atoms with Gasteiger partial charge in [-0.2, -0.15) is 0 Å². The number of hydrogen-bond acceptors (Lipinski definition) is 4. The Kier molecular flexibility index (Phi) is 5.88. The summed E-state index contributed by atoms with van der Waals surface area (Å²) in [5.41, 5.74) is 2.01. The van der Waals surface area contributed by atoms with E-state index in [0.717, 1.165) is 11.1 Å². The number of benzene rings is 1.